The Morgan fingerprint density at radius 1 is 1.22 bits per heavy atom. The summed E-state index contributed by atoms with van der Waals surface area (Å²) in [5, 5.41) is 5.95. The molecule has 0 radical (unpaired) electrons. The van der Waals surface area contributed by atoms with Crippen molar-refractivity contribution in [1.82, 2.24) is 24.8 Å². The molecule has 4 heterocycles. The Bertz CT molecular complexity index is 1250. The molecular formula is C26H36N7O4+. The van der Waals surface area contributed by atoms with Crippen molar-refractivity contribution in [2.24, 2.45) is 5.92 Å². The van der Waals surface area contributed by atoms with Crippen molar-refractivity contribution in [2.75, 3.05) is 52.3 Å². The topological polar surface area (TPSA) is 125 Å². The molecule has 0 spiro atoms. The second-order valence-electron chi connectivity index (χ2n) is 9.11. The van der Waals surface area contributed by atoms with Crippen LogP contribution in [0, 0.1) is 5.92 Å². The highest BCUT2D eigenvalue weighted by molar-refractivity contribution is 5.78. The van der Waals surface area contributed by atoms with E-state index in [1.54, 1.807) is 24.9 Å². The van der Waals surface area contributed by atoms with Crippen LogP contribution in [0.3, 0.4) is 0 Å². The van der Waals surface area contributed by atoms with Gasteiger partial charge < -0.3 is 25.0 Å². The number of pyridine rings is 2. The number of hydrogen-bond donors (Lipinski definition) is 2. The minimum atomic E-state index is -0.198. The van der Waals surface area contributed by atoms with Crippen LogP contribution in [-0.2, 0) is 11.3 Å². The number of aromatic amines is 1. The molecule has 1 aliphatic heterocycles. The molecule has 3 aromatic heterocycles. The highest BCUT2D eigenvalue weighted by Crippen LogP contribution is 2.22. The number of ether oxygens (including phenoxy) is 2. The molecule has 0 atom stereocenters. The molecule has 0 aromatic carbocycles. The molecule has 1 aliphatic rings. The van der Waals surface area contributed by atoms with Crippen LogP contribution in [0.4, 0.5) is 10.6 Å². The number of fused-ring (bicyclic) bond motifs is 1. The Hall–Kier alpha value is -3.73. The molecule has 37 heavy (non-hydrogen) atoms. The summed E-state index contributed by atoms with van der Waals surface area (Å²) in [6.07, 6.45) is 6.25. The lowest BCUT2D eigenvalue weighted by atomic mass is 9.97. The molecule has 0 unspecified atom stereocenters. The quantitative estimate of drug-likeness (QED) is 0.401. The fraction of sp³-hybridized carbons (Fsp3) is 0.500. The lowest BCUT2D eigenvalue weighted by Gasteiger charge is -2.31. The maximum Gasteiger partial charge on any atom is 0.365 e. The van der Waals surface area contributed by atoms with E-state index in [1.807, 2.05) is 29.3 Å². The summed E-state index contributed by atoms with van der Waals surface area (Å²) in [5.41, 5.74) is 2.73. The van der Waals surface area contributed by atoms with E-state index >= 15 is 0 Å². The number of urea groups is 1. The SMILES string of the molecule is CCCOCCn1c(=O)c(NCC2CCN(C(=O)NC)CC2)nc2ncc(-c3ccc(OC)[nH+]c3)cc21. The first kappa shape index (κ1) is 26.3. The minimum absolute atomic E-state index is 0.0474. The Morgan fingerprint density at radius 3 is 2.70 bits per heavy atom. The average Bonchev–Trinajstić information content (AvgIpc) is 2.95. The van der Waals surface area contributed by atoms with Gasteiger partial charge in [-0.05, 0) is 37.3 Å². The summed E-state index contributed by atoms with van der Waals surface area (Å²) in [6.45, 7) is 5.52. The van der Waals surface area contributed by atoms with Gasteiger partial charge >= 0.3 is 11.9 Å². The van der Waals surface area contributed by atoms with Crippen molar-refractivity contribution in [1.29, 1.82) is 0 Å². The van der Waals surface area contributed by atoms with Crippen LogP contribution in [0.5, 0.6) is 5.88 Å². The van der Waals surface area contributed by atoms with Crippen molar-refractivity contribution >= 4 is 23.0 Å². The Kier molecular flexibility index (Phi) is 8.89. The van der Waals surface area contributed by atoms with Gasteiger partial charge in [-0.15, -0.1) is 0 Å². The first-order valence-electron chi connectivity index (χ1n) is 12.8. The van der Waals surface area contributed by atoms with Gasteiger partial charge in [-0.3, -0.25) is 9.36 Å². The molecule has 11 nitrogen and oxygen atoms in total. The van der Waals surface area contributed by atoms with Crippen LogP contribution in [0.2, 0.25) is 0 Å². The monoisotopic (exact) mass is 510 g/mol. The molecule has 198 valence electrons. The number of carbonyl (C=O) groups excluding carboxylic acids is 1. The number of rotatable bonds is 10. The normalized spacial score (nSPS) is 14.1. The van der Waals surface area contributed by atoms with Crippen LogP contribution < -0.4 is 25.9 Å². The van der Waals surface area contributed by atoms with E-state index < -0.39 is 0 Å². The third kappa shape index (κ3) is 6.34. The van der Waals surface area contributed by atoms with E-state index in [2.05, 4.69) is 32.5 Å². The number of H-pyrrole nitrogens is 1. The Balaban J connectivity index is 1.57. The van der Waals surface area contributed by atoms with Crippen LogP contribution in [0.1, 0.15) is 26.2 Å². The number of aromatic nitrogens is 4. The van der Waals surface area contributed by atoms with E-state index in [-0.39, 0.29) is 17.4 Å². The van der Waals surface area contributed by atoms with E-state index in [4.69, 9.17) is 9.47 Å². The van der Waals surface area contributed by atoms with Crippen molar-refractivity contribution in [2.45, 2.75) is 32.7 Å². The number of methoxy groups -OCH3 is 1. The molecule has 1 saturated heterocycles. The lowest BCUT2D eigenvalue weighted by Crippen LogP contribution is -2.44. The van der Waals surface area contributed by atoms with E-state index in [0.29, 0.717) is 62.4 Å². The van der Waals surface area contributed by atoms with Gasteiger partial charge in [0.2, 0.25) is 0 Å². The van der Waals surface area contributed by atoms with Crippen LogP contribution in [0.25, 0.3) is 22.3 Å². The Morgan fingerprint density at radius 2 is 2.03 bits per heavy atom. The average molecular weight is 511 g/mol. The third-order valence-corrected chi connectivity index (χ3v) is 6.62. The van der Waals surface area contributed by atoms with E-state index in [1.165, 1.54) is 0 Å². The first-order valence-corrected chi connectivity index (χ1v) is 12.8. The molecule has 11 heteroatoms. The lowest BCUT2D eigenvalue weighted by molar-refractivity contribution is -0.392. The predicted molar refractivity (Wildman–Crippen MR) is 141 cm³/mol. The zero-order chi connectivity index (χ0) is 26.2. The van der Waals surface area contributed by atoms with Gasteiger partial charge in [0.1, 0.15) is 0 Å². The third-order valence-electron chi connectivity index (χ3n) is 6.62. The number of amides is 2. The summed E-state index contributed by atoms with van der Waals surface area (Å²) in [6, 6.07) is 5.66. The minimum Gasteiger partial charge on any atom is -0.448 e. The summed E-state index contributed by atoms with van der Waals surface area (Å²) in [4.78, 5) is 39.4. The van der Waals surface area contributed by atoms with Crippen molar-refractivity contribution in [3.63, 3.8) is 0 Å². The molecule has 0 bridgehead atoms. The van der Waals surface area contributed by atoms with Crippen molar-refractivity contribution in [3.05, 3.63) is 40.9 Å². The number of likely N-dealkylation sites (tertiary alicyclic amines) is 1. The fourth-order valence-electron chi connectivity index (χ4n) is 4.48. The number of hydrogen-bond acceptors (Lipinski definition) is 7. The Labute approximate surface area is 216 Å². The fourth-order valence-corrected chi connectivity index (χ4v) is 4.48. The second-order valence-corrected chi connectivity index (χ2v) is 9.11. The standard InChI is InChI=1S/C26H35N7O4/c1-4-12-37-13-11-33-21-14-20(19-5-6-22(36-3)28-16-19)17-30-23(21)31-24(25(33)34)29-15-18-7-9-32(10-8-18)26(35)27-2/h5-6,14,16-18H,4,7-13,15H2,1-3H3,(H,27,35)(H,29,30,31)/p+1. The highest BCUT2D eigenvalue weighted by Gasteiger charge is 2.23. The van der Waals surface area contributed by atoms with Crippen molar-refractivity contribution < 1.29 is 19.3 Å². The molecular weight excluding hydrogens is 474 g/mol. The van der Waals surface area contributed by atoms with Crippen LogP contribution >= 0.6 is 0 Å². The molecule has 3 aromatic rings. The van der Waals surface area contributed by atoms with Gasteiger partial charge in [-0.2, -0.15) is 4.98 Å². The van der Waals surface area contributed by atoms with Gasteiger partial charge in [-0.25, -0.2) is 14.8 Å². The smallest absolute Gasteiger partial charge is 0.365 e. The van der Waals surface area contributed by atoms with E-state index in [9.17, 15) is 9.59 Å². The van der Waals surface area contributed by atoms with Gasteiger partial charge in [0, 0.05) is 57.2 Å². The second kappa shape index (κ2) is 12.5. The predicted octanol–water partition coefficient (Wildman–Crippen LogP) is 2.17. The number of nitrogens with zero attached hydrogens (tertiary/aromatic N) is 4. The first-order chi connectivity index (χ1) is 18.0. The highest BCUT2D eigenvalue weighted by atomic mass is 16.5. The van der Waals surface area contributed by atoms with Gasteiger partial charge in [0.05, 0.1) is 25.3 Å². The molecule has 4 rings (SSSR count). The number of nitrogens with one attached hydrogen (secondary N) is 3. The number of carbonyl (C=O) groups is 1. The molecule has 1 fully saturated rings. The van der Waals surface area contributed by atoms with E-state index in [0.717, 1.165) is 30.4 Å². The van der Waals surface area contributed by atoms with Gasteiger partial charge in [0.15, 0.2) is 17.7 Å². The zero-order valence-electron chi connectivity index (χ0n) is 21.7. The summed E-state index contributed by atoms with van der Waals surface area (Å²) in [7, 11) is 3.25. The maximum absolute atomic E-state index is 13.5. The summed E-state index contributed by atoms with van der Waals surface area (Å²) >= 11 is 0. The zero-order valence-corrected chi connectivity index (χ0v) is 21.7. The maximum atomic E-state index is 13.5. The molecule has 0 aliphatic carbocycles. The van der Waals surface area contributed by atoms with Crippen LogP contribution in [0.15, 0.2) is 35.4 Å². The molecule has 0 saturated carbocycles. The van der Waals surface area contributed by atoms with Gasteiger partial charge in [0.25, 0.3) is 5.56 Å². The number of anilines is 1. The molecule has 2 amide bonds. The summed E-state index contributed by atoms with van der Waals surface area (Å²) in [5.74, 6) is 1.29. The van der Waals surface area contributed by atoms with Gasteiger partial charge in [-0.1, -0.05) is 6.92 Å². The molecule has 3 N–H and O–H groups in total. The van der Waals surface area contributed by atoms with Crippen molar-refractivity contribution in [3.8, 4) is 17.0 Å². The largest absolute Gasteiger partial charge is 0.448 e. The van der Waals surface area contributed by atoms with Crippen LogP contribution in [-0.4, -0.2) is 72.5 Å². The number of piperidine rings is 1. The summed E-state index contributed by atoms with van der Waals surface area (Å²) < 4.78 is 12.6.